The third-order valence-corrected chi connectivity index (χ3v) is 9.23. The second-order valence-electron chi connectivity index (χ2n) is 9.03. The number of thiazole rings is 1. The molecule has 1 atom stereocenters. The maximum absolute atomic E-state index is 14.5. The molecule has 38 heavy (non-hydrogen) atoms. The molecule has 0 unspecified atom stereocenters. The predicted molar refractivity (Wildman–Crippen MR) is 139 cm³/mol. The molecule has 0 saturated heterocycles. The summed E-state index contributed by atoms with van der Waals surface area (Å²) < 4.78 is 59.3. The summed E-state index contributed by atoms with van der Waals surface area (Å²) in [6.07, 6.45) is 4.69. The Morgan fingerprint density at radius 3 is 2.58 bits per heavy atom. The normalized spacial score (nSPS) is 22.3. The first kappa shape index (κ1) is 28.6. The number of hydrogen-bond donors (Lipinski definition) is 2. The molecule has 1 aromatic carbocycles. The number of aliphatic hydroxyl groups excluding tert-OH is 1. The molecule has 2 aliphatic rings. The Morgan fingerprint density at radius 2 is 2.00 bits per heavy atom. The van der Waals surface area contributed by atoms with Crippen molar-refractivity contribution in [3.8, 4) is 0 Å². The van der Waals surface area contributed by atoms with Gasteiger partial charge in [-0.05, 0) is 37.7 Å². The Balaban J connectivity index is 1.76. The largest absolute Gasteiger partial charge is 0.466 e. The first-order chi connectivity index (χ1) is 18.1. The van der Waals surface area contributed by atoms with E-state index in [1.54, 1.807) is 11.6 Å². The van der Waals surface area contributed by atoms with Gasteiger partial charge in [0.05, 0.1) is 30.6 Å². The molecule has 2 aromatic rings. The number of allylic oxidation sites excluding steroid dienone is 1. The van der Waals surface area contributed by atoms with Crippen LogP contribution in [0.1, 0.15) is 42.3 Å². The molecule has 1 saturated carbocycles. The number of esters is 1. The monoisotopic (exact) mass is 588 g/mol. The van der Waals surface area contributed by atoms with Crippen LogP contribution in [0.2, 0.25) is 5.02 Å². The van der Waals surface area contributed by atoms with Crippen LogP contribution in [-0.4, -0.2) is 67.2 Å². The second-order valence-corrected chi connectivity index (χ2v) is 12.2. The number of sulfonamides is 1. The number of carbonyl (C=O) groups is 1. The number of amidine groups is 1. The summed E-state index contributed by atoms with van der Waals surface area (Å²) >= 11 is 7.51. The molecule has 2 heterocycles. The van der Waals surface area contributed by atoms with Gasteiger partial charge in [-0.1, -0.05) is 17.7 Å². The van der Waals surface area contributed by atoms with Crippen molar-refractivity contribution < 1.29 is 31.8 Å². The molecule has 2 N–H and O–H groups in total. The number of hydrogen-bond acceptors (Lipinski definition) is 9. The molecular weight excluding hydrogens is 562 g/mol. The van der Waals surface area contributed by atoms with Gasteiger partial charge in [-0.25, -0.2) is 27.0 Å². The van der Waals surface area contributed by atoms with Crippen molar-refractivity contribution in [2.24, 2.45) is 10.9 Å². The number of nitrogens with zero attached hydrogens (tertiary/aromatic N) is 3. The predicted octanol–water partition coefficient (Wildman–Crippen LogP) is 3.41. The molecule has 1 fully saturated rings. The third kappa shape index (κ3) is 5.76. The highest BCUT2D eigenvalue weighted by Gasteiger charge is 2.39. The first-order valence-electron chi connectivity index (χ1n) is 11.8. The van der Waals surface area contributed by atoms with Crippen molar-refractivity contribution in [1.82, 2.24) is 14.6 Å². The van der Waals surface area contributed by atoms with Gasteiger partial charge in [0, 0.05) is 35.4 Å². The summed E-state index contributed by atoms with van der Waals surface area (Å²) in [5.41, 5.74) is 0.702. The van der Waals surface area contributed by atoms with E-state index in [2.05, 4.69) is 15.3 Å². The highest BCUT2D eigenvalue weighted by molar-refractivity contribution is 7.88. The van der Waals surface area contributed by atoms with Crippen LogP contribution in [-0.2, 0) is 19.6 Å². The zero-order valence-corrected chi connectivity index (χ0v) is 23.0. The van der Waals surface area contributed by atoms with E-state index in [1.165, 1.54) is 28.8 Å². The van der Waals surface area contributed by atoms with Gasteiger partial charge in [-0.2, -0.15) is 4.31 Å². The van der Waals surface area contributed by atoms with Crippen LogP contribution >= 0.6 is 22.9 Å². The van der Waals surface area contributed by atoms with E-state index in [-0.39, 0.29) is 36.2 Å². The molecule has 1 aliphatic heterocycles. The van der Waals surface area contributed by atoms with Gasteiger partial charge >= 0.3 is 5.97 Å². The van der Waals surface area contributed by atoms with Crippen LogP contribution in [0, 0.1) is 17.6 Å². The van der Waals surface area contributed by atoms with Crippen molar-refractivity contribution in [3.05, 3.63) is 62.2 Å². The van der Waals surface area contributed by atoms with Crippen LogP contribution in [0.5, 0.6) is 0 Å². The molecule has 1 aromatic heterocycles. The lowest BCUT2D eigenvalue weighted by Crippen LogP contribution is -2.44. The molecule has 14 heteroatoms. The average molecular weight is 589 g/mol. The Hall–Kier alpha value is -2.45. The number of ether oxygens (including phenoxy) is 1. The fourth-order valence-electron chi connectivity index (χ4n) is 5.02. The third-order valence-electron chi connectivity index (χ3n) is 6.73. The quantitative estimate of drug-likeness (QED) is 0.358. The molecule has 0 spiro atoms. The van der Waals surface area contributed by atoms with E-state index in [0.29, 0.717) is 42.2 Å². The lowest BCUT2D eigenvalue weighted by atomic mass is 9.80. The maximum atomic E-state index is 14.5. The topological polar surface area (TPSA) is 121 Å². The Kier molecular flexibility index (Phi) is 8.82. The zero-order chi connectivity index (χ0) is 27.6. The van der Waals surface area contributed by atoms with Gasteiger partial charge < -0.3 is 15.2 Å². The summed E-state index contributed by atoms with van der Waals surface area (Å²) in [7, 11) is -2.31. The SMILES string of the molecule is COC(=O)C1=C(C2CCC(N(CCO)S(C)(=O)=O)CC2)NC(c2nccs2)=N[C@@H]1c1ccc(F)c(F)c1Cl. The molecule has 0 bridgehead atoms. The molecule has 0 radical (unpaired) electrons. The van der Waals surface area contributed by atoms with Gasteiger partial charge in [0.1, 0.15) is 6.04 Å². The minimum atomic E-state index is -3.53. The van der Waals surface area contributed by atoms with Crippen LogP contribution in [0.15, 0.2) is 40.0 Å². The number of nitrogens with one attached hydrogen (secondary N) is 1. The number of carbonyl (C=O) groups excluding carboxylic acids is 1. The molecule has 0 amide bonds. The van der Waals surface area contributed by atoms with E-state index >= 15 is 0 Å². The van der Waals surface area contributed by atoms with Crippen molar-refractivity contribution in [1.29, 1.82) is 0 Å². The number of aliphatic imine (C=N–C) groups is 1. The number of benzene rings is 1. The molecule has 4 rings (SSSR count). The minimum absolute atomic E-state index is 0.0000803. The summed E-state index contributed by atoms with van der Waals surface area (Å²) in [5, 5.41) is 14.4. The molecule has 9 nitrogen and oxygen atoms in total. The highest BCUT2D eigenvalue weighted by atomic mass is 35.5. The first-order valence-corrected chi connectivity index (χ1v) is 15.0. The van der Waals surface area contributed by atoms with Crippen molar-refractivity contribution in [3.63, 3.8) is 0 Å². The van der Waals surface area contributed by atoms with Crippen LogP contribution in [0.4, 0.5) is 8.78 Å². The van der Waals surface area contributed by atoms with E-state index in [1.807, 2.05) is 0 Å². The average Bonchev–Trinajstić information content (AvgIpc) is 3.44. The number of aromatic nitrogens is 1. The summed E-state index contributed by atoms with van der Waals surface area (Å²) in [4.78, 5) is 22.0. The standard InChI is InChI=1S/C24H27ClF2N4O5S2/c1-36-24(33)17-20(13-3-5-14(6-4-13)31(10-11-32)38(2,34)35)29-22(23-28-9-12-37-23)30-21(17)15-7-8-16(26)19(27)18(15)25/h7-9,12-14,21,32H,3-6,10-11H2,1-2H3,(H,29,30)/t13?,14?,21-/m1/s1. The van der Waals surface area contributed by atoms with Gasteiger partial charge in [-0.15, -0.1) is 11.3 Å². The van der Waals surface area contributed by atoms with Gasteiger partial charge in [0.25, 0.3) is 0 Å². The number of rotatable bonds is 8. The fourth-order valence-corrected chi connectivity index (χ4v) is 7.03. The Bertz CT molecular complexity index is 1360. The number of halogens is 3. The summed E-state index contributed by atoms with van der Waals surface area (Å²) in [6.45, 7) is -0.295. The molecule has 206 valence electrons. The minimum Gasteiger partial charge on any atom is -0.466 e. The van der Waals surface area contributed by atoms with Gasteiger partial charge in [0.2, 0.25) is 10.0 Å². The second kappa shape index (κ2) is 11.7. The van der Waals surface area contributed by atoms with E-state index in [4.69, 9.17) is 16.3 Å². The van der Waals surface area contributed by atoms with Crippen LogP contribution in [0.25, 0.3) is 0 Å². The summed E-state index contributed by atoms with van der Waals surface area (Å²) in [5.74, 6) is -2.97. The lowest BCUT2D eigenvalue weighted by molar-refractivity contribution is -0.136. The number of methoxy groups -OCH3 is 1. The molecule has 1 aliphatic carbocycles. The van der Waals surface area contributed by atoms with Crippen LogP contribution in [0.3, 0.4) is 0 Å². The Morgan fingerprint density at radius 1 is 1.29 bits per heavy atom. The van der Waals surface area contributed by atoms with E-state index in [9.17, 15) is 27.1 Å². The van der Waals surface area contributed by atoms with Gasteiger partial charge in [0.15, 0.2) is 22.5 Å². The fraction of sp³-hybridized carbons (Fsp3) is 0.458. The Labute approximate surface area is 228 Å². The van der Waals surface area contributed by atoms with Crippen molar-refractivity contribution in [2.45, 2.75) is 37.8 Å². The van der Waals surface area contributed by atoms with E-state index < -0.39 is 38.7 Å². The number of aliphatic hydroxyl groups is 1. The van der Waals surface area contributed by atoms with E-state index in [0.717, 1.165) is 12.3 Å². The highest BCUT2D eigenvalue weighted by Crippen LogP contribution is 2.42. The smallest absolute Gasteiger partial charge is 0.338 e. The van der Waals surface area contributed by atoms with Crippen LogP contribution < -0.4 is 5.32 Å². The lowest BCUT2D eigenvalue weighted by Gasteiger charge is -2.38. The maximum Gasteiger partial charge on any atom is 0.338 e. The summed E-state index contributed by atoms with van der Waals surface area (Å²) in [6, 6.07) is 0.816. The van der Waals surface area contributed by atoms with Crippen molar-refractivity contribution >= 4 is 44.8 Å². The zero-order valence-electron chi connectivity index (χ0n) is 20.7. The molecular formula is C24H27ClF2N4O5S2. The van der Waals surface area contributed by atoms with Gasteiger partial charge in [-0.3, -0.25) is 4.99 Å². The van der Waals surface area contributed by atoms with Crippen molar-refractivity contribution in [2.75, 3.05) is 26.5 Å².